The topological polar surface area (TPSA) is 50.7 Å². The van der Waals surface area contributed by atoms with E-state index in [1.54, 1.807) is 6.92 Å². The molecule has 1 N–H and O–H groups in total. The summed E-state index contributed by atoms with van der Waals surface area (Å²) >= 11 is 0. The Labute approximate surface area is 166 Å². The number of ether oxygens (including phenoxy) is 1. The fourth-order valence-corrected chi connectivity index (χ4v) is 2.57. The largest absolute Gasteiger partial charge is 0.494 e. The van der Waals surface area contributed by atoms with Crippen LogP contribution in [0.2, 0.25) is 0 Å². The van der Waals surface area contributed by atoms with Gasteiger partial charge in [-0.15, -0.1) is 0 Å². The van der Waals surface area contributed by atoms with E-state index in [1.165, 1.54) is 24.3 Å². The molecule has 0 aliphatic heterocycles. The van der Waals surface area contributed by atoms with Crippen LogP contribution in [0.5, 0.6) is 5.75 Å². The molecule has 4 nitrogen and oxygen atoms in total. The van der Waals surface area contributed by atoms with E-state index in [0.29, 0.717) is 17.4 Å². The lowest BCUT2D eigenvalue weighted by molar-refractivity contribution is -0.476. The van der Waals surface area contributed by atoms with E-state index in [1.807, 2.05) is 0 Å². The van der Waals surface area contributed by atoms with Crippen molar-refractivity contribution in [1.82, 2.24) is 5.43 Å². The molecule has 1 saturated carbocycles. The summed E-state index contributed by atoms with van der Waals surface area (Å²) in [7, 11) is 0. The van der Waals surface area contributed by atoms with E-state index >= 15 is 0 Å². The molecular weight excluding hydrogens is 461 g/mol. The molecule has 31 heavy (non-hydrogen) atoms. The number of carbonyl (C=O) groups is 1. The molecule has 1 aromatic rings. The number of alkyl halides is 11. The Kier molecular flexibility index (Phi) is 5.75. The normalized spacial score (nSPS) is 24.5. The zero-order chi connectivity index (χ0) is 24.1. The van der Waals surface area contributed by atoms with Gasteiger partial charge >= 0.3 is 35.3 Å². The SMILES string of the molecule is CCOc1ccc(/C=N\NC(=O)C2(F)C(F)(F)C(F)(F)C(F)(F)C(F)(F)C2(F)F)cc1. The Morgan fingerprint density at radius 2 is 1.26 bits per heavy atom. The summed E-state index contributed by atoms with van der Waals surface area (Å²) in [5, 5.41) is 2.75. The van der Waals surface area contributed by atoms with Gasteiger partial charge in [0.15, 0.2) is 0 Å². The molecule has 1 amide bonds. The summed E-state index contributed by atoms with van der Waals surface area (Å²) < 4.78 is 154. The van der Waals surface area contributed by atoms with Crippen molar-refractivity contribution in [2.75, 3.05) is 6.61 Å². The molecular formula is C16H11F11N2O2. The van der Waals surface area contributed by atoms with Crippen molar-refractivity contribution < 1.29 is 57.8 Å². The van der Waals surface area contributed by atoms with Crippen LogP contribution in [-0.2, 0) is 4.79 Å². The molecule has 1 aromatic carbocycles. The molecule has 174 valence electrons. The van der Waals surface area contributed by atoms with E-state index < -0.39 is 41.2 Å². The number of nitrogens with zero attached hydrogens (tertiary/aromatic N) is 1. The highest BCUT2D eigenvalue weighted by Crippen LogP contribution is 2.69. The van der Waals surface area contributed by atoms with Gasteiger partial charge in [0.25, 0.3) is 5.91 Å². The van der Waals surface area contributed by atoms with Crippen LogP contribution in [0.3, 0.4) is 0 Å². The highest BCUT2D eigenvalue weighted by atomic mass is 19.4. The number of rotatable bonds is 5. The quantitative estimate of drug-likeness (QED) is 0.392. The molecule has 2 rings (SSSR count). The Hall–Kier alpha value is -2.61. The second kappa shape index (κ2) is 7.22. The molecule has 0 atom stereocenters. The maximum atomic E-state index is 14.4. The minimum atomic E-state index is -7.39. The lowest BCUT2D eigenvalue weighted by Gasteiger charge is -2.51. The van der Waals surface area contributed by atoms with E-state index in [4.69, 9.17) is 4.74 Å². The fraction of sp³-hybridized carbons (Fsp3) is 0.500. The predicted octanol–water partition coefficient (Wildman–Crippen LogP) is 4.43. The zero-order valence-electron chi connectivity index (χ0n) is 15.0. The minimum absolute atomic E-state index is 0.000943. The van der Waals surface area contributed by atoms with Gasteiger partial charge in [-0.2, -0.15) is 49.0 Å². The lowest BCUT2D eigenvalue weighted by atomic mass is 9.72. The van der Waals surface area contributed by atoms with Crippen molar-refractivity contribution in [2.24, 2.45) is 5.10 Å². The van der Waals surface area contributed by atoms with Gasteiger partial charge in [0.2, 0.25) is 0 Å². The van der Waals surface area contributed by atoms with Crippen LogP contribution in [0.4, 0.5) is 48.3 Å². The van der Waals surface area contributed by atoms with Gasteiger partial charge in [0.1, 0.15) is 5.75 Å². The number of hydrazone groups is 1. The van der Waals surface area contributed by atoms with Crippen LogP contribution in [-0.4, -0.2) is 54.0 Å². The molecule has 15 heteroatoms. The average Bonchev–Trinajstić information content (AvgIpc) is 2.67. The van der Waals surface area contributed by atoms with Crippen molar-refractivity contribution in [3.63, 3.8) is 0 Å². The summed E-state index contributed by atoms with van der Waals surface area (Å²) in [5.41, 5.74) is -6.14. The second-order valence-electron chi connectivity index (χ2n) is 6.23. The number of nitrogens with one attached hydrogen (secondary N) is 1. The number of halogens is 11. The minimum Gasteiger partial charge on any atom is -0.494 e. The average molecular weight is 472 g/mol. The highest BCUT2D eigenvalue weighted by molar-refractivity contribution is 5.90. The van der Waals surface area contributed by atoms with Gasteiger partial charge in [-0.1, -0.05) is 0 Å². The van der Waals surface area contributed by atoms with Gasteiger partial charge in [-0.05, 0) is 36.8 Å². The third kappa shape index (κ3) is 3.03. The first-order valence-corrected chi connectivity index (χ1v) is 8.07. The van der Waals surface area contributed by atoms with Crippen LogP contribution in [0, 0.1) is 0 Å². The maximum Gasteiger partial charge on any atom is 0.384 e. The Bertz CT molecular complexity index is 839. The molecule has 0 bridgehead atoms. The van der Waals surface area contributed by atoms with Crippen LogP contribution in [0.25, 0.3) is 0 Å². The van der Waals surface area contributed by atoms with Crippen molar-refractivity contribution in [3.8, 4) is 5.75 Å². The van der Waals surface area contributed by atoms with Crippen LogP contribution in [0.1, 0.15) is 12.5 Å². The number of hydrogen-bond acceptors (Lipinski definition) is 3. The summed E-state index contributed by atoms with van der Waals surface area (Å²) in [6.07, 6.45) is 0.515. The molecule has 0 aromatic heterocycles. The van der Waals surface area contributed by atoms with Crippen molar-refractivity contribution in [2.45, 2.75) is 42.2 Å². The summed E-state index contributed by atoms with van der Waals surface area (Å²) in [5.74, 6) is -39.8. The van der Waals surface area contributed by atoms with E-state index in [-0.39, 0.29) is 12.2 Å². The molecule has 0 radical (unpaired) electrons. The van der Waals surface area contributed by atoms with Crippen LogP contribution >= 0.6 is 0 Å². The predicted molar refractivity (Wildman–Crippen MR) is 81.9 cm³/mol. The van der Waals surface area contributed by atoms with Crippen LogP contribution in [0.15, 0.2) is 29.4 Å². The van der Waals surface area contributed by atoms with Gasteiger partial charge in [0.05, 0.1) is 12.8 Å². The highest BCUT2D eigenvalue weighted by Gasteiger charge is 3.02. The van der Waals surface area contributed by atoms with Crippen molar-refractivity contribution in [3.05, 3.63) is 29.8 Å². The number of benzene rings is 1. The van der Waals surface area contributed by atoms with E-state index in [2.05, 4.69) is 5.10 Å². The zero-order valence-corrected chi connectivity index (χ0v) is 15.0. The smallest absolute Gasteiger partial charge is 0.384 e. The molecule has 1 fully saturated rings. The fourth-order valence-electron chi connectivity index (χ4n) is 2.57. The number of hydrogen-bond donors (Lipinski definition) is 1. The van der Waals surface area contributed by atoms with E-state index in [0.717, 1.165) is 0 Å². The lowest BCUT2D eigenvalue weighted by Crippen LogP contribution is -2.86. The summed E-state index contributed by atoms with van der Waals surface area (Å²) in [4.78, 5) is 11.6. The first-order valence-electron chi connectivity index (χ1n) is 8.07. The number of amides is 1. The van der Waals surface area contributed by atoms with E-state index in [9.17, 15) is 53.1 Å². The Morgan fingerprint density at radius 1 is 0.839 bits per heavy atom. The number of carbonyl (C=O) groups excluding carboxylic acids is 1. The van der Waals surface area contributed by atoms with Gasteiger partial charge in [-0.25, -0.2) is 9.82 Å². The van der Waals surface area contributed by atoms with Gasteiger partial charge in [0, 0.05) is 0 Å². The maximum absolute atomic E-state index is 14.4. The molecule has 0 spiro atoms. The van der Waals surface area contributed by atoms with Crippen LogP contribution < -0.4 is 10.2 Å². The standard InChI is InChI=1S/C16H11F11N2O2/c1-2-31-9-5-3-8(4-6-9)7-28-29-10(30)11(17)12(18,19)14(22,23)16(26,27)15(24,25)13(11,20)21/h3-7H,2H2,1H3,(H,29,30)/b28-7-. The third-order valence-electron chi connectivity index (χ3n) is 4.33. The first-order chi connectivity index (χ1) is 13.9. The monoisotopic (exact) mass is 472 g/mol. The summed E-state index contributed by atoms with van der Waals surface area (Å²) in [6, 6.07) is 5.04. The second-order valence-corrected chi connectivity index (χ2v) is 6.23. The molecule has 1 aliphatic carbocycles. The van der Waals surface area contributed by atoms with Crippen molar-refractivity contribution >= 4 is 12.1 Å². The molecule has 0 unspecified atom stereocenters. The Balaban J connectivity index is 2.40. The third-order valence-corrected chi connectivity index (χ3v) is 4.33. The molecule has 0 heterocycles. The molecule has 0 saturated heterocycles. The van der Waals surface area contributed by atoms with Gasteiger partial charge < -0.3 is 4.74 Å². The molecule has 1 aliphatic rings. The van der Waals surface area contributed by atoms with Crippen molar-refractivity contribution in [1.29, 1.82) is 0 Å². The van der Waals surface area contributed by atoms with Gasteiger partial charge in [-0.3, -0.25) is 4.79 Å². The Morgan fingerprint density at radius 3 is 1.68 bits per heavy atom. The first kappa shape index (κ1) is 24.7. The summed E-state index contributed by atoms with van der Waals surface area (Å²) in [6.45, 7) is 1.93.